The van der Waals surface area contributed by atoms with E-state index in [1.54, 1.807) is 13.0 Å². The van der Waals surface area contributed by atoms with Crippen LogP contribution in [0, 0.1) is 19.8 Å². The van der Waals surface area contributed by atoms with E-state index in [4.69, 9.17) is 9.15 Å². The predicted molar refractivity (Wildman–Crippen MR) is 88.1 cm³/mol. The largest absolute Gasteiger partial charge is 0.466 e. The summed E-state index contributed by atoms with van der Waals surface area (Å²) in [4.78, 5) is 12.0. The molecule has 1 aromatic heterocycles. The van der Waals surface area contributed by atoms with Gasteiger partial charge in [-0.3, -0.25) is 4.79 Å². The number of rotatable bonds is 6. The van der Waals surface area contributed by atoms with Crippen molar-refractivity contribution in [2.45, 2.75) is 65.1 Å². The third-order valence-electron chi connectivity index (χ3n) is 4.59. The van der Waals surface area contributed by atoms with Crippen molar-refractivity contribution in [2.75, 3.05) is 13.2 Å². The van der Waals surface area contributed by atoms with E-state index in [-0.39, 0.29) is 25.2 Å². The summed E-state index contributed by atoms with van der Waals surface area (Å²) in [7, 11) is 0. The molecule has 2 rings (SSSR count). The Morgan fingerprint density at radius 2 is 2.22 bits per heavy atom. The molecule has 1 aliphatic carbocycles. The first-order valence-corrected chi connectivity index (χ1v) is 8.46. The number of furan rings is 1. The Labute approximate surface area is 138 Å². The summed E-state index contributed by atoms with van der Waals surface area (Å²) in [5.74, 6) is 1.90. The van der Waals surface area contributed by atoms with Gasteiger partial charge in [-0.1, -0.05) is 19.8 Å². The van der Waals surface area contributed by atoms with Crippen LogP contribution in [0.1, 0.15) is 56.6 Å². The molecule has 0 saturated heterocycles. The second-order valence-electron chi connectivity index (χ2n) is 7.08. The van der Waals surface area contributed by atoms with Gasteiger partial charge < -0.3 is 19.6 Å². The zero-order chi connectivity index (χ0) is 17.0. The summed E-state index contributed by atoms with van der Waals surface area (Å²) >= 11 is 0. The summed E-state index contributed by atoms with van der Waals surface area (Å²) in [6.45, 7) is 7.74. The quantitative estimate of drug-likeness (QED) is 0.844. The van der Waals surface area contributed by atoms with Gasteiger partial charge in [-0.25, -0.2) is 0 Å². The van der Waals surface area contributed by atoms with Gasteiger partial charge in [0.2, 0.25) is 5.91 Å². The lowest BCUT2D eigenvalue weighted by molar-refractivity contribution is -0.129. The number of aliphatic hydroxyl groups is 1. The lowest BCUT2D eigenvalue weighted by Gasteiger charge is -2.27. The van der Waals surface area contributed by atoms with Crippen LogP contribution in [0.2, 0.25) is 0 Å². The zero-order valence-electron chi connectivity index (χ0n) is 14.6. The third kappa shape index (κ3) is 5.08. The van der Waals surface area contributed by atoms with Crippen LogP contribution in [-0.2, 0) is 15.1 Å². The Morgan fingerprint density at radius 1 is 1.48 bits per heavy atom. The van der Waals surface area contributed by atoms with Gasteiger partial charge in [0.05, 0.1) is 12.6 Å². The molecular weight excluding hydrogens is 294 g/mol. The highest BCUT2D eigenvalue weighted by atomic mass is 16.5. The maximum atomic E-state index is 12.0. The van der Waals surface area contributed by atoms with E-state index < -0.39 is 5.60 Å². The maximum Gasteiger partial charge on any atom is 0.246 e. The highest BCUT2D eigenvalue weighted by molar-refractivity contribution is 5.77. The smallest absolute Gasteiger partial charge is 0.246 e. The maximum absolute atomic E-state index is 12.0. The van der Waals surface area contributed by atoms with Crippen LogP contribution in [0.5, 0.6) is 0 Å². The fourth-order valence-corrected chi connectivity index (χ4v) is 3.31. The average molecular weight is 323 g/mol. The first kappa shape index (κ1) is 18.0. The van der Waals surface area contributed by atoms with Gasteiger partial charge in [0, 0.05) is 5.56 Å². The number of ether oxygens (including phenoxy) is 1. The van der Waals surface area contributed by atoms with Gasteiger partial charge in [-0.05, 0) is 45.6 Å². The fraction of sp³-hybridized carbons (Fsp3) is 0.722. The van der Waals surface area contributed by atoms with E-state index in [1.807, 2.05) is 13.8 Å². The Kier molecular flexibility index (Phi) is 5.87. The number of hydrogen-bond donors (Lipinski definition) is 2. The lowest BCUT2D eigenvalue weighted by Crippen LogP contribution is -2.41. The van der Waals surface area contributed by atoms with E-state index >= 15 is 0 Å². The van der Waals surface area contributed by atoms with Crippen LogP contribution in [0.25, 0.3) is 0 Å². The zero-order valence-corrected chi connectivity index (χ0v) is 14.6. The van der Waals surface area contributed by atoms with E-state index in [0.29, 0.717) is 17.2 Å². The number of amides is 1. The SMILES string of the molecule is Cc1cc(C(C)(O)CNC(=O)COC2CCCC(C)C2)c(C)o1. The minimum Gasteiger partial charge on any atom is -0.466 e. The van der Waals surface area contributed by atoms with Crippen molar-refractivity contribution in [1.82, 2.24) is 5.32 Å². The molecule has 0 aliphatic heterocycles. The van der Waals surface area contributed by atoms with Gasteiger partial charge in [-0.2, -0.15) is 0 Å². The minimum absolute atomic E-state index is 0.0524. The van der Waals surface area contributed by atoms with Crippen molar-refractivity contribution in [3.63, 3.8) is 0 Å². The standard InChI is InChI=1S/C18H29NO4/c1-12-6-5-7-15(8-12)22-10-17(20)19-11-18(4,21)16-9-13(2)23-14(16)3/h9,12,15,21H,5-8,10-11H2,1-4H3,(H,19,20). The van der Waals surface area contributed by atoms with E-state index in [1.165, 1.54) is 12.8 Å². The molecule has 0 spiro atoms. The van der Waals surface area contributed by atoms with Crippen molar-refractivity contribution in [2.24, 2.45) is 5.92 Å². The Bertz CT molecular complexity index is 535. The van der Waals surface area contributed by atoms with E-state index in [2.05, 4.69) is 12.2 Å². The van der Waals surface area contributed by atoms with Crippen LogP contribution in [0.4, 0.5) is 0 Å². The van der Waals surface area contributed by atoms with Crippen molar-refractivity contribution in [3.05, 3.63) is 23.2 Å². The molecule has 1 aromatic rings. The molecule has 0 bridgehead atoms. The first-order chi connectivity index (χ1) is 10.8. The van der Waals surface area contributed by atoms with E-state index in [9.17, 15) is 9.90 Å². The molecule has 0 aromatic carbocycles. The number of hydrogen-bond acceptors (Lipinski definition) is 4. The molecular formula is C18H29NO4. The summed E-state index contributed by atoms with van der Waals surface area (Å²) in [6.07, 6.45) is 4.66. The Hall–Kier alpha value is -1.33. The number of nitrogens with one attached hydrogen (secondary N) is 1. The molecule has 1 amide bonds. The van der Waals surface area contributed by atoms with Gasteiger partial charge in [0.1, 0.15) is 23.7 Å². The lowest BCUT2D eigenvalue weighted by atomic mass is 9.89. The predicted octanol–water partition coefficient (Wildman–Crippen LogP) is 2.82. The van der Waals surface area contributed by atoms with Crippen molar-refractivity contribution in [3.8, 4) is 0 Å². The topological polar surface area (TPSA) is 71.7 Å². The van der Waals surface area contributed by atoms with Crippen molar-refractivity contribution in [1.29, 1.82) is 0 Å². The molecule has 2 N–H and O–H groups in total. The normalized spacial score (nSPS) is 24.2. The van der Waals surface area contributed by atoms with Gasteiger partial charge in [-0.15, -0.1) is 0 Å². The van der Waals surface area contributed by atoms with Gasteiger partial charge in [0.15, 0.2) is 0 Å². The fourth-order valence-electron chi connectivity index (χ4n) is 3.31. The minimum atomic E-state index is -1.16. The molecule has 1 saturated carbocycles. The molecule has 1 fully saturated rings. The first-order valence-electron chi connectivity index (χ1n) is 8.46. The second-order valence-corrected chi connectivity index (χ2v) is 7.08. The highest BCUT2D eigenvalue weighted by Crippen LogP contribution is 2.27. The molecule has 3 unspecified atom stereocenters. The van der Waals surface area contributed by atoms with Gasteiger partial charge >= 0.3 is 0 Å². The summed E-state index contributed by atoms with van der Waals surface area (Å²) in [5, 5.41) is 13.3. The molecule has 3 atom stereocenters. The van der Waals surface area contributed by atoms with Crippen molar-refractivity contribution >= 4 is 5.91 Å². The number of carbonyl (C=O) groups is 1. The van der Waals surface area contributed by atoms with Crippen LogP contribution in [0.3, 0.4) is 0 Å². The average Bonchev–Trinajstić information content (AvgIpc) is 2.83. The summed E-state index contributed by atoms with van der Waals surface area (Å²) < 4.78 is 11.1. The molecule has 5 heteroatoms. The Morgan fingerprint density at radius 3 is 2.83 bits per heavy atom. The van der Waals surface area contributed by atoms with Crippen LogP contribution in [0.15, 0.2) is 10.5 Å². The molecule has 0 radical (unpaired) electrons. The van der Waals surface area contributed by atoms with Crippen LogP contribution in [-0.4, -0.2) is 30.3 Å². The third-order valence-corrected chi connectivity index (χ3v) is 4.59. The molecule has 23 heavy (non-hydrogen) atoms. The van der Waals surface area contributed by atoms with Crippen LogP contribution >= 0.6 is 0 Å². The monoisotopic (exact) mass is 323 g/mol. The second kappa shape index (κ2) is 7.49. The molecule has 5 nitrogen and oxygen atoms in total. The summed E-state index contributed by atoms with van der Waals surface area (Å²) in [5.41, 5.74) is -0.450. The molecule has 130 valence electrons. The molecule has 1 heterocycles. The van der Waals surface area contributed by atoms with Gasteiger partial charge in [0.25, 0.3) is 0 Å². The Balaban J connectivity index is 1.78. The van der Waals surface area contributed by atoms with Crippen molar-refractivity contribution < 1.29 is 19.1 Å². The van der Waals surface area contributed by atoms with E-state index in [0.717, 1.165) is 18.6 Å². The molecule has 1 aliphatic rings. The van der Waals surface area contributed by atoms with Crippen LogP contribution < -0.4 is 5.32 Å². The number of aryl methyl sites for hydroxylation is 2. The highest BCUT2D eigenvalue weighted by Gasteiger charge is 2.28. The summed E-state index contributed by atoms with van der Waals surface area (Å²) in [6, 6.07) is 1.81. The number of carbonyl (C=O) groups excluding carboxylic acids is 1.